The van der Waals surface area contributed by atoms with E-state index in [0.717, 1.165) is 73.8 Å². The second kappa shape index (κ2) is 12.3. The van der Waals surface area contributed by atoms with Crippen LogP contribution in [0.4, 0.5) is 0 Å². The van der Waals surface area contributed by atoms with E-state index in [-0.39, 0.29) is 11.6 Å². The Hall–Kier alpha value is -2.29. The molecule has 3 nitrogen and oxygen atoms in total. The van der Waals surface area contributed by atoms with Gasteiger partial charge in [0.15, 0.2) is 0 Å². The minimum atomic E-state index is -0.282. The Morgan fingerprint density at radius 3 is 2.18 bits per heavy atom. The summed E-state index contributed by atoms with van der Waals surface area (Å²) in [6, 6.07) is 1.98. The first-order chi connectivity index (χ1) is 15.5. The van der Waals surface area contributed by atoms with Crippen LogP contribution in [-0.4, -0.2) is 11.6 Å². The van der Waals surface area contributed by atoms with Gasteiger partial charge in [-0.05, 0) is 123 Å². The summed E-state index contributed by atoms with van der Waals surface area (Å²) in [5, 5.41) is 0. The van der Waals surface area contributed by atoms with E-state index in [1.165, 1.54) is 23.6 Å². The predicted octanol–water partition coefficient (Wildman–Crippen LogP) is 8.51. The number of esters is 1. The monoisotopic (exact) mass is 452 g/mol. The van der Waals surface area contributed by atoms with E-state index in [4.69, 9.17) is 9.47 Å². The third kappa shape index (κ3) is 8.53. The Labute approximate surface area is 202 Å². The number of aryl methyl sites for hydroxylation is 1. The van der Waals surface area contributed by atoms with Gasteiger partial charge in [-0.15, -0.1) is 0 Å². The van der Waals surface area contributed by atoms with Crippen molar-refractivity contribution >= 4 is 5.97 Å². The van der Waals surface area contributed by atoms with Crippen molar-refractivity contribution in [2.24, 2.45) is 0 Å². The first-order valence-electron chi connectivity index (χ1n) is 12.5. The average molecular weight is 453 g/mol. The first-order valence-corrected chi connectivity index (χ1v) is 12.5. The summed E-state index contributed by atoms with van der Waals surface area (Å²) in [6.07, 6.45) is 15.6. The molecule has 1 heterocycles. The number of hydrogen-bond acceptors (Lipinski definition) is 3. The van der Waals surface area contributed by atoms with Crippen LogP contribution in [0.2, 0.25) is 0 Å². The summed E-state index contributed by atoms with van der Waals surface area (Å²) in [5.74, 6) is 1.35. The van der Waals surface area contributed by atoms with Gasteiger partial charge in [0.05, 0.1) is 0 Å². The van der Waals surface area contributed by atoms with Crippen LogP contribution in [0.25, 0.3) is 0 Å². The van der Waals surface area contributed by atoms with Crippen LogP contribution in [0.1, 0.15) is 103 Å². The molecule has 3 heteroatoms. The molecule has 0 radical (unpaired) electrons. The van der Waals surface area contributed by atoms with Gasteiger partial charge in [0.25, 0.3) is 0 Å². The minimum absolute atomic E-state index is 0.161. The summed E-state index contributed by atoms with van der Waals surface area (Å²) >= 11 is 0. The van der Waals surface area contributed by atoms with Gasteiger partial charge < -0.3 is 9.47 Å². The largest absolute Gasteiger partial charge is 0.487 e. The fourth-order valence-corrected chi connectivity index (χ4v) is 4.35. The van der Waals surface area contributed by atoms with Crippen LogP contribution >= 0.6 is 0 Å². The third-order valence-corrected chi connectivity index (χ3v) is 6.68. The van der Waals surface area contributed by atoms with Crippen molar-refractivity contribution in [2.75, 3.05) is 0 Å². The molecule has 33 heavy (non-hydrogen) atoms. The number of ether oxygens (including phenoxy) is 2. The quantitative estimate of drug-likeness (QED) is 0.203. The minimum Gasteiger partial charge on any atom is -0.487 e. The zero-order valence-electron chi connectivity index (χ0n) is 22.2. The van der Waals surface area contributed by atoms with Crippen LogP contribution in [0.3, 0.4) is 0 Å². The second-order valence-corrected chi connectivity index (χ2v) is 10.3. The molecule has 0 N–H and O–H groups in total. The smallest absolute Gasteiger partial charge is 0.308 e. The Morgan fingerprint density at radius 2 is 1.58 bits per heavy atom. The van der Waals surface area contributed by atoms with Crippen molar-refractivity contribution in [3.05, 3.63) is 57.7 Å². The Morgan fingerprint density at radius 1 is 0.970 bits per heavy atom. The van der Waals surface area contributed by atoms with Crippen molar-refractivity contribution in [3.63, 3.8) is 0 Å². The molecule has 182 valence electrons. The Bertz CT molecular complexity index is 928. The fourth-order valence-electron chi connectivity index (χ4n) is 4.35. The molecule has 2 rings (SSSR count). The SMILES string of the molecule is CC(=O)Oc1cc2c(c(C)c1C)OC(C)(CCC=C(C)CCC=C(C)CCC=C(C)C)CC2. The summed E-state index contributed by atoms with van der Waals surface area (Å²) in [6.45, 7) is 16.5. The molecule has 1 aromatic carbocycles. The van der Waals surface area contributed by atoms with E-state index in [1.54, 1.807) is 0 Å². The van der Waals surface area contributed by atoms with Crippen molar-refractivity contribution in [1.29, 1.82) is 0 Å². The highest BCUT2D eigenvalue weighted by molar-refractivity contribution is 5.70. The van der Waals surface area contributed by atoms with Gasteiger partial charge in [-0.25, -0.2) is 0 Å². The second-order valence-electron chi connectivity index (χ2n) is 10.3. The van der Waals surface area contributed by atoms with Crippen molar-refractivity contribution < 1.29 is 14.3 Å². The molecular formula is C30H44O3. The van der Waals surface area contributed by atoms with E-state index in [1.807, 2.05) is 13.0 Å². The third-order valence-electron chi connectivity index (χ3n) is 6.68. The van der Waals surface area contributed by atoms with E-state index in [0.29, 0.717) is 5.75 Å². The number of benzene rings is 1. The average Bonchev–Trinajstić information content (AvgIpc) is 2.72. The number of fused-ring (bicyclic) bond motifs is 1. The van der Waals surface area contributed by atoms with Crippen LogP contribution in [0, 0.1) is 13.8 Å². The molecule has 1 atom stereocenters. The number of rotatable bonds is 10. The van der Waals surface area contributed by atoms with Gasteiger partial charge in [-0.1, -0.05) is 34.9 Å². The van der Waals surface area contributed by atoms with Crippen molar-refractivity contribution in [1.82, 2.24) is 0 Å². The summed E-state index contributed by atoms with van der Waals surface area (Å²) in [4.78, 5) is 11.4. The molecule has 0 fully saturated rings. The lowest BCUT2D eigenvalue weighted by Crippen LogP contribution is -2.36. The topological polar surface area (TPSA) is 35.5 Å². The van der Waals surface area contributed by atoms with Crippen LogP contribution in [0.5, 0.6) is 11.5 Å². The lowest BCUT2D eigenvalue weighted by molar-refractivity contribution is -0.131. The molecule has 1 aliphatic heterocycles. The molecule has 0 amide bonds. The van der Waals surface area contributed by atoms with E-state index < -0.39 is 0 Å². The lowest BCUT2D eigenvalue weighted by atomic mass is 9.86. The van der Waals surface area contributed by atoms with Gasteiger partial charge in [0.2, 0.25) is 0 Å². The zero-order valence-corrected chi connectivity index (χ0v) is 22.2. The normalized spacial score (nSPS) is 18.4. The summed E-state index contributed by atoms with van der Waals surface area (Å²) < 4.78 is 12.0. The maximum absolute atomic E-state index is 11.4. The van der Waals surface area contributed by atoms with Crippen LogP contribution < -0.4 is 9.47 Å². The van der Waals surface area contributed by atoms with Gasteiger partial charge in [0, 0.05) is 6.92 Å². The molecule has 0 saturated carbocycles. The molecule has 0 aliphatic carbocycles. The molecular weight excluding hydrogens is 408 g/mol. The number of hydrogen-bond donors (Lipinski definition) is 0. The van der Waals surface area contributed by atoms with Crippen LogP contribution in [-0.2, 0) is 11.2 Å². The van der Waals surface area contributed by atoms with Gasteiger partial charge in [-0.2, -0.15) is 0 Å². The number of carbonyl (C=O) groups is 1. The van der Waals surface area contributed by atoms with Crippen molar-refractivity contribution in [2.45, 2.75) is 112 Å². The van der Waals surface area contributed by atoms with E-state index in [9.17, 15) is 4.79 Å². The molecule has 0 bridgehead atoms. The number of carbonyl (C=O) groups excluding carboxylic acids is 1. The Kier molecular flexibility index (Phi) is 10.0. The fraction of sp³-hybridized carbons (Fsp3) is 0.567. The maximum atomic E-state index is 11.4. The van der Waals surface area contributed by atoms with Gasteiger partial charge >= 0.3 is 5.97 Å². The summed E-state index contributed by atoms with van der Waals surface area (Å²) in [5.41, 5.74) is 7.39. The number of allylic oxidation sites excluding steroid dienone is 6. The predicted molar refractivity (Wildman–Crippen MR) is 139 cm³/mol. The molecule has 0 aromatic heterocycles. The lowest BCUT2D eigenvalue weighted by Gasteiger charge is -2.37. The highest BCUT2D eigenvalue weighted by Crippen LogP contribution is 2.42. The van der Waals surface area contributed by atoms with Crippen molar-refractivity contribution in [3.8, 4) is 11.5 Å². The van der Waals surface area contributed by atoms with Gasteiger partial charge in [0.1, 0.15) is 17.1 Å². The van der Waals surface area contributed by atoms with Crippen LogP contribution in [0.15, 0.2) is 41.0 Å². The Balaban J connectivity index is 1.89. The van der Waals surface area contributed by atoms with E-state index in [2.05, 4.69) is 59.8 Å². The van der Waals surface area contributed by atoms with E-state index >= 15 is 0 Å². The highest BCUT2D eigenvalue weighted by atomic mass is 16.5. The highest BCUT2D eigenvalue weighted by Gasteiger charge is 2.33. The van der Waals surface area contributed by atoms with Gasteiger partial charge in [-0.3, -0.25) is 4.79 Å². The molecule has 0 saturated heterocycles. The zero-order chi connectivity index (χ0) is 24.6. The maximum Gasteiger partial charge on any atom is 0.308 e. The molecule has 1 aromatic rings. The summed E-state index contributed by atoms with van der Waals surface area (Å²) in [7, 11) is 0. The molecule has 1 unspecified atom stereocenters. The first kappa shape index (κ1) is 27.0. The molecule has 0 spiro atoms. The standard InChI is InChI=1S/C30H44O3/c1-21(2)12-9-13-22(3)14-10-15-23(4)16-11-18-30(8)19-17-27-20-28(32-26(7)31)24(5)25(6)29(27)33-30/h12,14,16,20H,9-11,13,15,17-19H2,1-8H3. The molecule has 1 aliphatic rings.